The van der Waals surface area contributed by atoms with Crippen LogP contribution in [-0.4, -0.2) is 43.0 Å². The van der Waals surface area contributed by atoms with E-state index in [0.29, 0.717) is 40.5 Å². The summed E-state index contributed by atoms with van der Waals surface area (Å²) in [4.78, 5) is 16.1. The number of rotatable bonds is 4. The van der Waals surface area contributed by atoms with Gasteiger partial charge in [-0.25, -0.2) is 4.98 Å². The van der Waals surface area contributed by atoms with Gasteiger partial charge in [0.1, 0.15) is 11.9 Å². The summed E-state index contributed by atoms with van der Waals surface area (Å²) in [5.74, 6) is 0.559. The molecule has 8 heteroatoms. The zero-order chi connectivity index (χ0) is 21.4. The standard InChI is InChI=1S/C23H25N5O3/c1-28-13-24-20(12-23(28)30)14-5-6-18(21(29)9-14)19-7-8-22(27-26-19)31-17-10-15-3-2-4-16(11-17)25-15/h5-9,12-13,15-17,25,29H,2-4,10-11H2,1H3. The minimum Gasteiger partial charge on any atom is -0.507 e. The molecule has 2 atom stereocenters. The van der Waals surface area contributed by atoms with Gasteiger partial charge in [-0.15, -0.1) is 10.2 Å². The summed E-state index contributed by atoms with van der Waals surface area (Å²) in [7, 11) is 1.64. The molecule has 0 spiro atoms. The lowest BCUT2D eigenvalue weighted by Gasteiger charge is -2.39. The van der Waals surface area contributed by atoms with Crippen molar-refractivity contribution in [3.8, 4) is 34.1 Å². The minimum atomic E-state index is -0.160. The molecule has 4 heterocycles. The minimum absolute atomic E-state index is 0.0501. The average Bonchev–Trinajstić information content (AvgIpc) is 2.76. The van der Waals surface area contributed by atoms with Crippen molar-refractivity contribution in [1.29, 1.82) is 0 Å². The summed E-state index contributed by atoms with van der Waals surface area (Å²) in [6, 6.07) is 11.3. The van der Waals surface area contributed by atoms with Gasteiger partial charge in [-0.3, -0.25) is 4.79 Å². The van der Waals surface area contributed by atoms with Gasteiger partial charge in [0.05, 0.1) is 17.7 Å². The van der Waals surface area contributed by atoms with E-state index in [1.807, 2.05) is 0 Å². The van der Waals surface area contributed by atoms with Gasteiger partial charge < -0.3 is 19.7 Å². The number of aryl methyl sites for hydroxylation is 1. The molecule has 160 valence electrons. The SMILES string of the molecule is Cn1cnc(-c2ccc(-c3ccc(OC4CC5CCCC(C4)N5)nn3)c(O)c2)cc1=O. The molecule has 2 saturated heterocycles. The van der Waals surface area contributed by atoms with Crippen LogP contribution in [0.3, 0.4) is 0 Å². The second-order valence-electron chi connectivity index (χ2n) is 8.41. The lowest BCUT2D eigenvalue weighted by molar-refractivity contribution is 0.0881. The molecule has 1 aromatic carbocycles. The van der Waals surface area contributed by atoms with Crippen LogP contribution in [0.1, 0.15) is 32.1 Å². The van der Waals surface area contributed by atoms with Gasteiger partial charge in [-0.2, -0.15) is 0 Å². The fourth-order valence-electron chi connectivity index (χ4n) is 4.53. The largest absolute Gasteiger partial charge is 0.507 e. The van der Waals surface area contributed by atoms with Gasteiger partial charge in [0.2, 0.25) is 5.88 Å². The highest BCUT2D eigenvalue weighted by Gasteiger charge is 2.32. The van der Waals surface area contributed by atoms with E-state index in [2.05, 4.69) is 20.5 Å². The molecule has 2 aliphatic rings. The first-order chi connectivity index (χ1) is 15.0. The molecule has 0 saturated carbocycles. The summed E-state index contributed by atoms with van der Waals surface area (Å²) in [6.07, 6.45) is 7.34. The number of aromatic nitrogens is 4. The van der Waals surface area contributed by atoms with Gasteiger partial charge in [0.25, 0.3) is 5.56 Å². The number of phenols is 1. The van der Waals surface area contributed by atoms with Crippen molar-refractivity contribution in [1.82, 2.24) is 25.1 Å². The van der Waals surface area contributed by atoms with Crippen molar-refractivity contribution in [3.05, 3.63) is 53.1 Å². The molecule has 2 aromatic heterocycles. The van der Waals surface area contributed by atoms with Crippen molar-refractivity contribution in [2.45, 2.75) is 50.3 Å². The first kappa shape index (κ1) is 19.7. The smallest absolute Gasteiger partial charge is 0.253 e. The number of aromatic hydroxyl groups is 1. The summed E-state index contributed by atoms with van der Waals surface area (Å²) in [5.41, 5.74) is 2.11. The van der Waals surface area contributed by atoms with Crippen molar-refractivity contribution in [3.63, 3.8) is 0 Å². The lowest BCUT2D eigenvalue weighted by atomic mass is 9.85. The molecule has 31 heavy (non-hydrogen) atoms. The molecule has 0 amide bonds. The quantitative estimate of drug-likeness (QED) is 0.670. The molecule has 2 N–H and O–H groups in total. The highest BCUT2D eigenvalue weighted by atomic mass is 16.5. The summed E-state index contributed by atoms with van der Waals surface area (Å²) < 4.78 is 7.49. The molecule has 2 bridgehead atoms. The molecule has 8 nitrogen and oxygen atoms in total. The van der Waals surface area contributed by atoms with Crippen LogP contribution in [0.2, 0.25) is 0 Å². The summed E-state index contributed by atoms with van der Waals surface area (Å²) >= 11 is 0. The Morgan fingerprint density at radius 2 is 1.87 bits per heavy atom. The number of piperidine rings is 2. The fraction of sp³-hybridized carbons (Fsp3) is 0.391. The zero-order valence-electron chi connectivity index (χ0n) is 17.4. The van der Waals surface area contributed by atoms with Crippen LogP contribution >= 0.6 is 0 Å². The van der Waals surface area contributed by atoms with Crippen molar-refractivity contribution < 1.29 is 9.84 Å². The predicted molar refractivity (Wildman–Crippen MR) is 116 cm³/mol. The molecule has 2 fully saturated rings. The van der Waals surface area contributed by atoms with Gasteiger partial charge in [0.15, 0.2) is 0 Å². The maximum atomic E-state index is 11.8. The monoisotopic (exact) mass is 419 g/mol. The topological polar surface area (TPSA) is 102 Å². The van der Waals surface area contributed by atoms with E-state index in [-0.39, 0.29) is 17.4 Å². The Hall–Kier alpha value is -3.26. The zero-order valence-corrected chi connectivity index (χ0v) is 17.4. The first-order valence-corrected chi connectivity index (χ1v) is 10.7. The van der Waals surface area contributed by atoms with E-state index < -0.39 is 0 Å². The van der Waals surface area contributed by atoms with Crippen LogP contribution in [0.25, 0.3) is 22.5 Å². The van der Waals surface area contributed by atoms with Crippen molar-refractivity contribution in [2.24, 2.45) is 7.05 Å². The maximum Gasteiger partial charge on any atom is 0.253 e. The van der Waals surface area contributed by atoms with Crippen LogP contribution in [0.15, 0.2) is 47.5 Å². The highest BCUT2D eigenvalue weighted by molar-refractivity contribution is 5.72. The Bertz CT molecular complexity index is 1130. The van der Waals surface area contributed by atoms with Crippen LogP contribution < -0.4 is 15.6 Å². The van der Waals surface area contributed by atoms with Gasteiger partial charge in [-0.1, -0.05) is 12.5 Å². The van der Waals surface area contributed by atoms with Crippen LogP contribution in [-0.2, 0) is 7.05 Å². The molecule has 5 rings (SSSR count). The van der Waals surface area contributed by atoms with E-state index in [1.54, 1.807) is 37.4 Å². The van der Waals surface area contributed by atoms with Crippen LogP contribution in [0.4, 0.5) is 0 Å². The van der Waals surface area contributed by atoms with Gasteiger partial charge >= 0.3 is 0 Å². The third kappa shape index (κ3) is 4.16. The number of benzene rings is 1. The Labute approximate surface area is 179 Å². The Morgan fingerprint density at radius 3 is 2.55 bits per heavy atom. The number of phenolic OH excluding ortho intramolecular Hbond substituents is 1. The van der Waals surface area contributed by atoms with E-state index in [0.717, 1.165) is 12.8 Å². The van der Waals surface area contributed by atoms with Gasteiger partial charge in [0, 0.05) is 42.4 Å². The van der Waals surface area contributed by atoms with Crippen molar-refractivity contribution in [2.75, 3.05) is 0 Å². The molecule has 3 aromatic rings. The summed E-state index contributed by atoms with van der Waals surface area (Å²) in [6.45, 7) is 0. The van der Waals surface area contributed by atoms with E-state index in [4.69, 9.17) is 4.74 Å². The van der Waals surface area contributed by atoms with Crippen LogP contribution in [0.5, 0.6) is 11.6 Å². The number of nitrogens with zero attached hydrogens (tertiary/aromatic N) is 4. The first-order valence-electron chi connectivity index (χ1n) is 10.7. The fourth-order valence-corrected chi connectivity index (χ4v) is 4.53. The Balaban J connectivity index is 1.31. The Morgan fingerprint density at radius 1 is 1.06 bits per heavy atom. The maximum absolute atomic E-state index is 11.8. The van der Waals surface area contributed by atoms with E-state index >= 15 is 0 Å². The molecule has 0 radical (unpaired) electrons. The van der Waals surface area contributed by atoms with Crippen molar-refractivity contribution >= 4 is 0 Å². The number of nitrogens with one attached hydrogen (secondary N) is 1. The average molecular weight is 419 g/mol. The molecular weight excluding hydrogens is 394 g/mol. The molecule has 0 aliphatic carbocycles. The second-order valence-corrected chi connectivity index (χ2v) is 8.41. The molecule has 2 aliphatic heterocycles. The summed E-state index contributed by atoms with van der Waals surface area (Å²) in [5, 5.41) is 22.7. The number of hydrogen-bond acceptors (Lipinski definition) is 7. The normalized spacial score (nSPS) is 22.8. The number of fused-ring (bicyclic) bond motifs is 2. The second kappa shape index (κ2) is 8.11. The lowest BCUT2D eigenvalue weighted by Crippen LogP contribution is -2.51. The third-order valence-corrected chi connectivity index (χ3v) is 6.15. The highest BCUT2D eigenvalue weighted by Crippen LogP contribution is 2.32. The number of ether oxygens (including phenoxy) is 1. The van der Waals surface area contributed by atoms with Crippen LogP contribution in [0, 0.1) is 0 Å². The molecular formula is C23H25N5O3. The van der Waals surface area contributed by atoms with E-state index in [1.165, 1.54) is 36.2 Å². The Kier molecular flexibility index (Phi) is 5.15. The molecule has 2 unspecified atom stereocenters. The third-order valence-electron chi connectivity index (χ3n) is 6.15. The van der Waals surface area contributed by atoms with E-state index in [9.17, 15) is 9.90 Å². The predicted octanol–water partition coefficient (Wildman–Crippen LogP) is 2.66. The van der Waals surface area contributed by atoms with Gasteiger partial charge in [-0.05, 0) is 43.9 Å². The number of hydrogen-bond donors (Lipinski definition) is 2.